The Morgan fingerprint density at radius 2 is 2.14 bits per heavy atom. The van der Waals surface area contributed by atoms with E-state index in [9.17, 15) is 13.6 Å². The van der Waals surface area contributed by atoms with Gasteiger partial charge in [0.1, 0.15) is 12.2 Å². The van der Waals surface area contributed by atoms with E-state index < -0.39 is 6.43 Å². The van der Waals surface area contributed by atoms with Crippen molar-refractivity contribution in [1.29, 1.82) is 0 Å². The molecule has 0 aliphatic carbocycles. The van der Waals surface area contributed by atoms with Crippen LogP contribution in [-0.2, 0) is 24.9 Å². The number of hydrogen-bond donors (Lipinski definition) is 1. The molecule has 114 valence electrons. The summed E-state index contributed by atoms with van der Waals surface area (Å²) in [6.45, 7) is 3.80. The van der Waals surface area contributed by atoms with Gasteiger partial charge in [-0.2, -0.15) is 10.2 Å². The molecular formula is C13H17F2N5O. The van der Waals surface area contributed by atoms with E-state index in [4.69, 9.17) is 0 Å². The molecule has 2 rings (SSSR count). The van der Waals surface area contributed by atoms with Crippen LogP contribution in [0, 0.1) is 13.8 Å². The predicted octanol–water partition coefficient (Wildman–Crippen LogP) is 1.49. The van der Waals surface area contributed by atoms with Gasteiger partial charge < -0.3 is 5.32 Å². The summed E-state index contributed by atoms with van der Waals surface area (Å²) in [6, 6.07) is 1.28. The summed E-state index contributed by atoms with van der Waals surface area (Å²) >= 11 is 0. The van der Waals surface area contributed by atoms with E-state index in [1.807, 2.05) is 14.0 Å². The van der Waals surface area contributed by atoms with Gasteiger partial charge in [-0.15, -0.1) is 0 Å². The molecular weight excluding hydrogens is 280 g/mol. The van der Waals surface area contributed by atoms with Gasteiger partial charge in [-0.1, -0.05) is 0 Å². The molecule has 1 N–H and O–H groups in total. The average Bonchev–Trinajstić information content (AvgIpc) is 2.93. The lowest BCUT2D eigenvalue weighted by atomic mass is 10.2. The van der Waals surface area contributed by atoms with Crippen molar-refractivity contribution in [2.75, 3.05) is 0 Å². The fourth-order valence-corrected chi connectivity index (χ4v) is 1.91. The van der Waals surface area contributed by atoms with Crippen molar-refractivity contribution in [3.63, 3.8) is 0 Å². The molecule has 0 aliphatic heterocycles. The van der Waals surface area contributed by atoms with Gasteiger partial charge in [-0.25, -0.2) is 8.78 Å². The maximum absolute atomic E-state index is 12.5. The number of carbonyl (C=O) groups is 1. The third-order valence-corrected chi connectivity index (χ3v) is 3.33. The molecule has 8 heteroatoms. The number of rotatable bonds is 5. The van der Waals surface area contributed by atoms with Gasteiger partial charge in [-0.05, 0) is 19.9 Å². The Bertz CT molecular complexity index is 647. The zero-order chi connectivity index (χ0) is 15.6. The van der Waals surface area contributed by atoms with Gasteiger partial charge in [-0.3, -0.25) is 14.2 Å². The summed E-state index contributed by atoms with van der Waals surface area (Å²) in [4.78, 5) is 11.8. The highest BCUT2D eigenvalue weighted by atomic mass is 19.3. The molecule has 0 saturated carbocycles. The zero-order valence-corrected chi connectivity index (χ0v) is 12.1. The number of amides is 1. The van der Waals surface area contributed by atoms with Crippen LogP contribution >= 0.6 is 0 Å². The van der Waals surface area contributed by atoms with Crippen LogP contribution in [0.5, 0.6) is 0 Å². The fraction of sp³-hybridized carbons (Fsp3) is 0.462. The number of aromatic nitrogens is 4. The van der Waals surface area contributed by atoms with Crippen molar-refractivity contribution >= 4 is 5.91 Å². The van der Waals surface area contributed by atoms with Crippen molar-refractivity contribution in [1.82, 2.24) is 24.9 Å². The number of nitrogens with zero attached hydrogens (tertiary/aromatic N) is 4. The van der Waals surface area contributed by atoms with Crippen LogP contribution < -0.4 is 5.32 Å². The summed E-state index contributed by atoms with van der Waals surface area (Å²) in [7, 11) is 1.82. The maximum Gasteiger partial charge on any atom is 0.282 e. The van der Waals surface area contributed by atoms with Gasteiger partial charge in [0.2, 0.25) is 5.91 Å². The molecule has 0 atom stereocenters. The molecule has 2 aromatic heterocycles. The van der Waals surface area contributed by atoms with Crippen LogP contribution in [0.2, 0.25) is 0 Å². The molecule has 2 heterocycles. The summed E-state index contributed by atoms with van der Waals surface area (Å²) in [5.74, 6) is -0.287. The minimum absolute atomic E-state index is 0.0855. The van der Waals surface area contributed by atoms with E-state index in [-0.39, 0.29) is 18.1 Å². The highest BCUT2D eigenvalue weighted by Gasteiger charge is 2.15. The van der Waals surface area contributed by atoms with E-state index in [2.05, 4.69) is 15.5 Å². The smallest absolute Gasteiger partial charge is 0.282 e. The van der Waals surface area contributed by atoms with Crippen LogP contribution in [0.25, 0.3) is 0 Å². The number of hydrogen-bond acceptors (Lipinski definition) is 3. The first-order chi connectivity index (χ1) is 9.88. The van der Waals surface area contributed by atoms with E-state index >= 15 is 0 Å². The Labute approximate surface area is 120 Å². The molecule has 0 aromatic carbocycles. The van der Waals surface area contributed by atoms with Crippen LogP contribution in [0.3, 0.4) is 0 Å². The molecule has 0 fully saturated rings. The monoisotopic (exact) mass is 297 g/mol. The normalized spacial score (nSPS) is 11.1. The predicted molar refractivity (Wildman–Crippen MR) is 71.7 cm³/mol. The largest absolute Gasteiger partial charge is 0.350 e. The molecule has 0 aliphatic rings. The quantitative estimate of drug-likeness (QED) is 0.909. The third kappa shape index (κ3) is 3.45. The molecule has 0 saturated heterocycles. The Balaban J connectivity index is 1.94. The topological polar surface area (TPSA) is 64.7 Å². The van der Waals surface area contributed by atoms with Crippen molar-refractivity contribution < 1.29 is 13.6 Å². The van der Waals surface area contributed by atoms with Gasteiger partial charge in [0.05, 0.1) is 6.20 Å². The summed E-state index contributed by atoms with van der Waals surface area (Å²) < 4.78 is 28.0. The summed E-state index contributed by atoms with van der Waals surface area (Å²) in [6.07, 6.45) is -0.949. The van der Waals surface area contributed by atoms with Gasteiger partial charge in [0.15, 0.2) is 0 Å². The Morgan fingerprint density at radius 1 is 1.43 bits per heavy atom. The number of carbonyl (C=O) groups excluding carboxylic acids is 1. The standard InChI is InChI=1S/C13H17F2N5O/c1-8-4-11(13(14)15)18-20(8)7-12(21)16-5-10-6-17-19(3)9(10)2/h4,6,13H,5,7H2,1-3H3,(H,16,21). The number of alkyl halides is 2. The van der Waals surface area contributed by atoms with E-state index in [0.29, 0.717) is 12.2 Å². The highest BCUT2D eigenvalue weighted by Crippen LogP contribution is 2.17. The van der Waals surface area contributed by atoms with Gasteiger partial charge in [0, 0.05) is 30.5 Å². The molecule has 2 aromatic rings. The maximum atomic E-state index is 12.5. The van der Waals surface area contributed by atoms with E-state index in [0.717, 1.165) is 11.3 Å². The summed E-state index contributed by atoms with van der Waals surface area (Å²) in [5, 5.41) is 10.5. The molecule has 6 nitrogen and oxygen atoms in total. The molecule has 21 heavy (non-hydrogen) atoms. The first-order valence-electron chi connectivity index (χ1n) is 6.45. The van der Waals surface area contributed by atoms with Crippen LogP contribution in [0.15, 0.2) is 12.3 Å². The molecule has 0 bridgehead atoms. The molecule has 0 unspecified atom stereocenters. The Morgan fingerprint density at radius 3 is 2.67 bits per heavy atom. The highest BCUT2D eigenvalue weighted by molar-refractivity contribution is 5.75. The molecule has 0 radical (unpaired) electrons. The van der Waals surface area contributed by atoms with Crippen molar-refractivity contribution in [3.8, 4) is 0 Å². The first kappa shape index (κ1) is 15.1. The SMILES string of the molecule is Cc1c(CNC(=O)Cn2nc(C(F)F)cc2C)cnn1C. The summed E-state index contributed by atoms with van der Waals surface area (Å²) in [5.41, 5.74) is 2.09. The number of aryl methyl sites for hydroxylation is 2. The number of halogens is 2. The van der Waals surface area contributed by atoms with Crippen LogP contribution in [0.1, 0.15) is 29.1 Å². The van der Waals surface area contributed by atoms with Crippen LogP contribution in [-0.4, -0.2) is 25.5 Å². The minimum Gasteiger partial charge on any atom is -0.350 e. The fourth-order valence-electron chi connectivity index (χ4n) is 1.91. The van der Waals surface area contributed by atoms with Gasteiger partial charge >= 0.3 is 0 Å². The second-order valence-corrected chi connectivity index (χ2v) is 4.82. The van der Waals surface area contributed by atoms with E-state index in [1.54, 1.807) is 17.8 Å². The Kier molecular flexibility index (Phi) is 4.35. The number of nitrogens with one attached hydrogen (secondary N) is 1. The van der Waals surface area contributed by atoms with Crippen molar-refractivity contribution in [2.45, 2.75) is 33.4 Å². The Hall–Kier alpha value is -2.25. The van der Waals surface area contributed by atoms with Gasteiger partial charge in [0.25, 0.3) is 6.43 Å². The lowest BCUT2D eigenvalue weighted by Crippen LogP contribution is -2.28. The second kappa shape index (κ2) is 6.02. The molecule has 0 spiro atoms. The van der Waals surface area contributed by atoms with Crippen molar-refractivity contribution in [3.05, 3.63) is 34.9 Å². The van der Waals surface area contributed by atoms with E-state index in [1.165, 1.54) is 10.7 Å². The minimum atomic E-state index is -2.63. The first-order valence-corrected chi connectivity index (χ1v) is 6.45. The van der Waals surface area contributed by atoms with Crippen molar-refractivity contribution in [2.24, 2.45) is 7.05 Å². The lowest BCUT2D eigenvalue weighted by molar-refractivity contribution is -0.122. The second-order valence-electron chi connectivity index (χ2n) is 4.82. The third-order valence-electron chi connectivity index (χ3n) is 3.33. The average molecular weight is 297 g/mol. The zero-order valence-electron chi connectivity index (χ0n) is 12.1. The lowest BCUT2D eigenvalue weighted by Gasteiger charge is -2.06. The molecule has 1 amide bonds. The van der Waals surface area contributed by atoms with Crippen LogP contribution in [0.4, 0.5) is 8.78 Å².